The van der Waals surface area contributed by atoms with Crippen LogP contribution in [0.25, 0.3) is 0 Å². The summed E-state index contributed by atoms with van der Waals surface area (Å²) >= 11 is 4.22. The molecular weight excluding hydrogens is 212 g/mol. The third-order valence-electron chi connectivity index (χ3n) is 3.48. The highest BCUT2D eigenvalue weighted by molar-refractivity contribution is 8.18. The number of allylic oxidation sites excluding steroid dienone is 2. The van der Waals surface area contributed by atoms with Crippen LogP contribution in [0.5, 0.6) is 0 Å². The summed E-state index contributed by atoms with van der Waals surface area (Å²) in [7, 11) is 0. The second-order valence-corrected chi connectivity index (χ2v) is 7.35. The summed E-state index contributed by atoms with van der Waals surface area (Å²) in [5, 5.41) is 0. The Morgan fingerprint density at radius 3 is 2.93 bits per heavy atom. The molecule has 2 fully saturated rings. The molecule has 3 aliphatic rings. The van der Waals surface area contributed by atoms with Gasteiger partial charge in [0.15, 0.2) is 5.78 Å². The van der Waals surface area contributed by atoms with E-state index in [1.54, 1.807) is 0 Å². The topological polar surface area (TPSA) is 17.1 Å². The average molecular weight is 226 g/mol. The largest absolute Gasteiger partial charge is 0.295 e. The van der Waals surface area contributed by atoms with Crippen molar-refractivity contribution in [2.45, 2.75) is 29.8 Å². The monoisotopic (exact) mass is 226 g/mol. The predicted octanol–water partition coefficient (Wildman–Crippen LogP) is 2.86. The van der Waals surface area contributed by atoms with Crippen LogP contribution in [-0.2, 0) is 4.79 Å². The Morgan fingerprint density at radius 1 is 1.36 bits per heavy atom. The molecule has 0 bridgehead atoms. The molecule has 14 heavy (non-hydrogen) atoms. The van der Waals surface area contributed by atoms with Gasteiger partial charge in [0.1, 0.15) is 0 Å². The summed E-state index contributed by atoms with van der Waals surface area (Å²) < 4.78 is 0.375. The van der Waals surface area contributed by atoms with Gasteiger partial charge in [0.25, 0.3) is 0 Å². The number of Topliss-reactive ketones (excluding diaryl/α,β-unsaturated/α-hetero) is 1. The Kier molecular flexibility index (Phi) is 2.21. The zero-order chi connectivity index (χ0) is 9.60. The van der Waals surface area contributed by atoms with Crippen molar-refractivity contribution in [1.29, 1.82) is 0 Å². The van der Waals surface area contributed by atoms with Gasteiger partial charge >= 0.3 is 0 Å². The molecule has 1 saturated heterocycles. The first-order valence-electron chi connectivity index (χ1n) is 5.33. The van der Waals surface area contributed by atoms with Crippen LogP contribution < -0.4 is 0 Å². The van der Waals surface area contributed by atoms with Gasteiger partial charge in [0, 0.05) is 12.3 Å². The maximum atomic E-state index is 11.6. The summed E-state index contributed by atoms with van der Waals surface area (Å²) in [5.74, 6) is 3.60. The number of carbonyl (C=O) groups is 1. The zero-order valence-corrected chi connectivity index (χ0v) is 9.76. The van der Waals surface area contributed by atoms with E-state index in [4.69, 9.17) is 0 Å². The molecule has 1 atom stereocenters. The number of rotatable bonds is 0. The lowest BCUT2D eigenvalue weighted by Gasteiger charge is -2.37. The molecule has 1 spiro atoms. The van der Waals surface area contributed by atoms with E-state index >= 15 is 0 Å². The summed E-state index contributed by atoms with van der Waals surface area (Å²) in [6.45, 7) is 0. The molecule has 0 aromatic rings. The standard InChI is InChI=1S/C11H14OS2/c12-10-3-2-9-8(10)4-5-11(9)13-6-1-7-14-11/h4,9H,1-3,5-7H2. The maximum Gasteiger partial charge on any atom is 0.158 e. The van der Waals surface area contributed by atoms with Gasteiger partial charge in [-0.2, -0.15) is 0 Å². The quantitative estimate of drug-likeness (QED) is 0.632. The van der Waals surface area contributed by atoms with Gasteiger partial charge in [-0.25, -0.2) is 0 Å². The zero-order valence-electron chi connectivity index (χ0n) is 8.12. The Balaban J connectivity index is 1.88. The summed E-state index contributed by atoms with van der Waals surface area (Å²) in [4.78, 5) is 11.6. The number of hydrogen-bond donors (Lipinski definition) is 0. The second kappa shape index (κ2) is 3.31. The van der Waals surface area contributed by atoms with Crippen molar-refractivity contribution in [3.8, 4) is 0 Å². The van der Waals surface area contributed by atoms with Gasteiger partial charge < -0.3 is 0 Å². The number of hydrogen-bond acceptors (Lipinski definition) is 3. The molecule has 76 valence electrons. The predicted molar refractivity (Wildman–Crippen MR) is 62.7 cm³/mol. The SMILES string of the molecule is O=C1CCC2C1=CCC21SCCCS1. The summed E-state index contributed by atoms with van der Waals surface area (Å²) in [6, 6.07) is 0. The van der Waals surface area contributed by atoms with Crippen molar-refractivity contribution in [3.63, 3.8) is 0 Å². The fourth-order valence-electron chi connectivity index (χ4n) is 2.79. The first-order valence-corrected chi connectivity index (χ1v) is 7.30. The van der Waals surface area contributed by atoms with Crippen LogP contribution in [-0.4, -0.2) is 21.4 Å². The van der Waals surface area contributed by atoms with Crippen LogP contribution in [0.1, 0.15) is 25.7 Å². The molecule has 1 nitrogen and oxygen atoms in total. The number of ketones is 1. The fourth-order valence-corrected chi connectivity index (χ4v) is 6.37. The Hall–Kier alpha value is 0.110. The van der Waals surface area contributed by atoms with Gasteiger partial charge in [-0.1, -0.05) is 6.08 Å². The third kappa shape index (κ3) is 1.21. The molecule has 0 aromatic heterocycles. The number of thioether (sulfide) groups is 2. The van der Waals surface area contributed by atoms with Gasteiger partial charge in [0.05, 0.1) is 4.08 Å². The molecule has 0 radical (unpaired) electrons. The summed E-state index contributed by atoms with van der Waals surface area (Å²) in [5.41, 5.74) is 1.17. The smallest absolute Gasteiger partial charge is 0.158 e. The van der Waals surface area contributed by atoms with Crippen molar-refractivity contribution < 1.29 is 4.79 Å². The Labute approximate surface area is 93.1 Å². The molecular formula is C11H14OS2. The van der Waals surface area contributed by atoms with E-state index in [0.29, 0.717) is 15.8 Å². The fraction of sp³-hybridized carbons (Fsp3) is 0.727. The minimum Gasteiger partial charge on any atom is -0.295 e. The van der Waals surface area contributed by atoms with E-state index in [-0.39, 0.29) is 0 Å². The minimum atomic E-state index is 0.375. The minimum absolute atomic E-state index is 0.375. The van der Waals surface area contributed by atoms with Crippen LogP contribution in [0.15, 0.2) is 11.6 Å². The van der Waals surface area contributed by atoms with E-state index < -0.39 is 0 Å². The van der Waals surface area contributed by atoms with Gasteiger partial charge in [-0.3, -0.25) is 4.79 Å². The first-order chi connectivity index (χ1) is 6.82. The summed E-state index contributed by atoms with van der Waals surface area (Å²) in [6.07, 6.45) is 6.62. The van der Waals surface area contributed by atoms with E-state index in [2.05, 4.69) is 29.6 Å². The van der Waals surface area contributed by atoms with Crippen molar-refractivity contribution >= 4 is 29.3 Å². The van der Waals surface area contributed by atoms with E-state index in [0.717, 1.165) is 19.3 Å². The molecule has 2 aliphatic carbocycles. The highest BCUT2D eigenvalue weighted by Gasteiger charge is 2.50. The van der Waals surface area contributed by atoms with Crippen LogP contribution in [0.2, 0.25) is 0 Å². The van der Waals surface area contributed by atoms with Crippen molar-refractivity contribution in [2.24, 2.45) is 5.92 Å². The van der Waals surface area contributed by atoms with E-state index in [1.165, 1.54) is 23.5 Å². The number of carbonyl (C=O) groups excluding carboxylic acids is 1. The molecule has 1 aliphatic heterocycles. The van der Waals surface area contributed by atoms with Crippen molar-refractivity contribution in [3.05, 3.63) is 11.6 Å². The highest BCUT2D eigenvalue weighted by Crippen LogP contribution is 2.59. The van der Waals surface area contributed by atoms with Crippen LogP contribution in [0.4, 0.5) is 0 Å². The molecule has 0 amide bonds. The highest BCUT2D eigenvalue weighted by atomic mass is 32.2. The van der Waals surface area contributed by atoms with Crippen LogP contribution in [0, 0.1) is 5.92 Å². The lowest BCUT2D eigenvalue weighted by atomic mass is 10.0. The average Bonchev–Trinajstić information content (AvgIpc) is 2.73. The third-order valence-corrected chi connectivity index (χ3v) is 7.05. The van der Waals surface area contributed by atoms with E-state index in [1.807, 2.05) is 0 Å². The van der Waals surface area contributed by atoms with Gasteiger partial charge in [0.2, 0.25) is 0 Å². The van der Waals surface area contributed by atoms with Gasteiger partial charge in [-0.15, -0.1) is 23.5 Å². The normalized spacial score (nSPS) is 34.7. The Bertz CT molecular complexity index is 302. The second-order valence-electron chi connectivity index (χ2n) is 4.24. The molecule has 0 N–H and O–H groups in total. The lowest BCUT2D eigenvalue weighted by Crippen LogP contribution is -2.29. The van der Waals surface area contributed by atoms with Gasteiger partial charge in [-0.05, 0) is 36.3 Å². The molecule has 1 unspecified atom stereocenters. The molecule has 3 rings (SSSR count). The van der Waals surface area contributed by atoms with Crippen molar-refractivity contribution in [1.82, 2.24) is 0 Å². The molecule has 0 aromatic carbocycles. The van der Waals surface area contributed by atoms with Crippen molar-refractivity contribution in [2.75, 3.05) is 11.5 Å². The van der Waals surface area contributed by atoms with E-state index in [9.17, 15) is 4.79 Å². The lowest BCUT2D eigenvalue weighted by molar-refractivity contribution is -0.114. The first kappa shape index (κ1) is 9.34. The molecule has 3 heteroatoms. The maximum absolute atomic E-state index is 11.6. The molecule has 1 heterocycles. The molecule has 1 saturated carbocycles. The Morgan fingerprint density at radius 2 is 2.14 bits per heavy atom. The van der Waals surface area contributed by atoms with Crippen LogP contribution in [0.3, 0.4) is 0 Å². The number of fused-ring (bicyclic) bond motifs is 2. The van der Waals surface area contributed by atoms with Crippen LogP contribution >= 0.6 is 23.5 Å².